The van der Waals surface area contributed by atoms with Gasteiger partial charge in [0.05, 0.1) is 11.0 Å². The van der Waals surface area contributed by atoms with Crippen LogP contribution >= 0.6 is 11.9 Å². The molecule has 0 fully saturated rings. The summed E-state index contributed by atoms with van der Waals surface area (Å²) in [5.74, 6) is 0. The van der Waals surface area contributed by atoms with Gasteiger partial charge in [-0.1, -0.05) is 36.4 Å². The molecule has 0 bridgehead atoms. The predicted octanol–water partition coefficient (Wildman–Crippen LogP) is 4.00. The molecule has 0 radical (unpaired) electrons. The summed E-state index contributed by atoms with van der Waals surface area (Å²) in [6.45, 7) is 0. The molecule has 0 amide bonds. The minimum absolute atomic E-state index is 0.211. The lowest BCUT2D eigenvalue weighted by atomic mass is 10.1. The average Bonchev–Trinajstić information content (AvgIpc) is 2.91. The van der Waals surface area contributed by atoms with Crippen LogP contribution in [0, 0.1) is 0 Å². The molecule has 0 saturated heterocycles. The van der Waals surface area contributed by atoms with Gasteiger partial charge in [0.2, 0.25) is 0 Å². The number of aromatic nitrogens is 2. The van der Waals surface area contributed by atoms with E-state index in [0.717, 1.165) is 11.0 Å². The Kier molecular flexibility index (Phi) is 2.74. The first-order valence-corrected chi connectivity index (χ1v) is 7.37. The molecule has 4 rings (SSSR count). The van der Waals surface area contributed by atoms with E-state index >= 15 is 0 Å². The molecular weight excluding hydrogens is 266 g/mol. The molecule has 20 heavy (non-hydrogen) atoms. The number of nitrogens with zero attached hydrogens (tertiary/aromatic N) is 2. The summed E-state index contributed by atoms with van der Waals surface area (Å²) in [6.07, 6.45) is 6.23. The molecule has 1 atom stereocenters. The third-order valence-electron chi connectivity index (χ3n) is 3.36. The van der Waals surface area contributed by atoms with Crippen LogP contribution in [0.2, 0.25) is 0 Å². The van der Waals surface area contributed by atoms with Crippen LogP contribution < -0.4 is 5.32 Å². The summed E-state index contributed by atoms with van der Waals surface area (Å²) in [7, 11) is 0. The van der Waals surface area contributed by atoms with Gasteiger partial charge in [-0.2, -0.15) is 0 Å². The molecule has 0 saturated carbocycles. The van der Waals surface area contributed by atoms with Crippen LogP contribution in [0.5, 0.6) is 0 Å². The van der Waals surface area contributed by atoms with Crippen molar-refractivity contribution in [2.45, 2.75) is 5.37 Å². The number of nitrogens with one attached hydrogen (secondary N) is 1. The second-order valence-electron chi connectivity index (χ2n) is 4.68. The molecule has 2 heterocycles. The summed E-state index contributed by atoms with van der Waals surface area (Å²) in [6, 6.07) is 16.5. The Morgan fingerprint density at radius 2 is 1.90 bits per heavy atom. The van der Waals surface area contributed by atoms with Crippen LogP contribution in [-0.4, -0.2) is 14.3 Å². The molecule has 2 aromatic carbocycles. The van der Waals surface area contributed by atoms with Gasteiger partial charge in [-0.05, 0) is 41.8 Å². The van der Waals surface area contributed by atoms with Gasteiger partial charge in [-0.15, -0.1) is 0 Å². The number of imidazole rings is 1. The number of anilines is 1. The van der Waals surface area contributed by atoms with Gasteiger partial charge in [0.15, 0.2) is 0 Å². The summed E-state index contributed by atoms with van der Waals surface area (Å²) >= 11 is 1.72. The van der Waals surface area contributed by atoms with Crippen molar-refractivity contribution in [3.05, 3.63) is 66.5 Å². The number of hydrogen-bond donors (Lipinski definition) is 1. The maximum atomic E-state index is 4.42. The third kappa shape index (κ3) is 1.98. The molecule has 1 aromatic heterocycles. The molecule has 0 spiro atoms. The molecule has 1 aliphatic rings. The Morgan fingerprint density at radius 3 is 2.90 bits per heavy atom. The standard InChI is InChI=1S/C16H13N3S/c1-2-6-13-12(5-1)9-10-16(18-13)20-19-11-17-14-7-3-4-8-15(14)19/h1-11,16,18H. The topological polar surface area (TPSA) is 29.9 Å². The second-order valence-corrected chi connectivity index (χ2v) is 5.79. The van der Waals surface area contributed by atoms with E-state index in [4.69, 9.17) is 0 Å². The highest BCUT2D eigenvalue weighted by atomic mass is 32.2. The monoisotopic (exact) mass is 279 g/mol. The lowest BCUT2D eigenvalue weighted by Gasteiger charge is -2.21. The molecule has 98 valence electrons. The number of rotatable bonds is 2. The van der Waals surface area contributed by atoms with E-state index in [1.54, 1.807) is 11.9 Å². The first-order valence-electron chi connectivity index (χ1n) is 6.53. The maximum Gasteiger partial charge on any atom is 0.112 e. The van der Waals surface area contributed by atoms with Crippen molar-refractivity contribution in [2.75, 3.05) is 5.32 Å². The number of hydrogen-bond acceptors (Lipinski definition) is 3. The summed E-state index contributed by atoms with van der Waals surface area (Å²) in [4.78, 5) is 4.42. The van der Waals surface area contributed by atoms with Crippen LogP contribution in [0.4, 0.5) is 5.69 Å². The molecular formula is C16H13N3S. The predicted molar refractivity (Wildman–Crippen MR) is 85.6 cm³/mol. The Balaban J connectivity index is 1.62. The van der Waals surface area contributed by atoms with Gasteiger partial charge in [-0.3, -0.25) is 3.97 Å². The number of fused-ring (bicyclic) bond motifs is 2. The van der Waals surface area contributed by atoms with Gasteiger partial charge in [-0.25, -0.2) is 4.98 Å². The maximum absolute atomic E-state index is 4.42. The highest BCUT2D eigenvalue weighted by Gasteiger charge is 2.14. The van der Waals surface area contributed by atoms with Crippen molar-refractivity contribution in [2.24, 2.45) is 0 Å². The van der Waals surface area contributed by atoms with Gasteiger partial charge >= 0.3 is 0 Å². The normalized spacial score (nSPS) is 16.9. The minimum Gasteiger partial charge on any atom is -0.368 e. The van der Waals surface area contributed by atoms with Crippen molar-refractivity contribution in [1.29, 1.82) is 0 Å². The smallest absolute Gasteiger partial charge is 0.112 e. The zero-order valence-electron chi connectivity index (χ0n) is 10.7. The third-order valence-corrected chi connectivity index (χ3v) is 4.38. The summed E-state index contributed by atoms with van der Waals surface area (Å²) in [5, 5.41) is 3.74. The fourth-order valence-electron chi connectivity index (χ4n) is 2.37. The van der Waals surface area contributed by atoms with Crippen molar-refractivity contribution in [3.63, 3.8) is 0 Å². The fraction of sp³-hybridized carbons (Fsp3) is 0.0625. The van der Waals surface area contributed by atoms with Crippen LogP contribution in [0.3, 0.4) is 0 Å². The lowest BCUT2D eigenvalue weighted by molar-refractivity contribution is 1.18. The van der Waals surface area contributed by atoms with Gasteiger partial charge < -0.3 is 5.32 Å². The van der Waals surface area contributed by atoms with Crippen molar-refractivity contribution < 1.29 is 0 Å². The molecule has 4 heteroatoms. The van der Waals surface area contributed by atoms with Crippen molar-refractivity contribution in [3.8, 4) is 0 Å². The van der Waals surface area contributed by atoms with Gasteiger partial charge in [0.25, 0.3) is 0 Å². The van der Waals surface area contributed by atoms with E-state index in [1.807, 2.05) is 24.5 Å². The summed E-state index contributed by atoms with van der Waals surface area (Å²) < 4.78 is 2.12. The Hall–Kier alpha value is -2.20. The van der Waals surface area contributed by atoms with Crippen LogP contribution in [-0.2, 0) is 0 Å². The van der Waals surface area contributed by atoms with E-state index < -0.39 is 0 Å². The van der Waals surface area contributed by atoms with Crippen molar-refractivity contribution in [1.82, 2.24) is 8.96 Å². The molecule has 1 aliphatic heterocycles. The van der Waals surface area contributed by atoms with E-state index in [2.05, 4.69) is 56.8 Å². The second kappa shape index (κ2) is 4.72. The first kappa shape index (κ1) is 11.6. The van der Waals surface area contributed by atoms with Crippen LogP contribution in [0.1, 0.15) is 5.56 Å². The largest absolute Gasteiger partial charge is 0.368 e. The van der Waals surface area contributed by atoms with E-state index in [9.17, 15) is 0 Å². The number of benzene rings is 2. The molecule has 1 unspecified atom stereocenters. The van der Waals surface area contributed by atoms with Crippen molar-refractivity contribution >= 4 is 34.7 Å². The molecule has 3 aromatic rings. The van der Waals surface area contributed by atoms with Gasteiger partial charge in [0, 0.05) is 5.69 Å². The lowest BCUT2D eigenvalue weighted by Crippen LogP contribution is -2.17. The van der Waals surface area contributed by atoms with Crippen LogP contribution in [0.25, 0.3) is 17.1 Å². The van der Waals surface area contributed by atoms with E-state index in [1.165, 1.54) is 11.3 Å². The first-order chi connectivity index (χ1) is 9.90. The Labute approximate surface area is 121 Å². The molecule has 3 nitrogen and oxygen atoms in total. The van der Waals surface area contributed by atoms with Gasteiger partial charge in [0.1, 0.15) is 11.7 Å². The minimum atomic E-state index is 0.211. The SMILES string of the molecule is C1=CC(Sn2cnc3ccccc32)Nc2ccccc21. The van der Waals surface area contributed by atoms with E-state index in [-0.39, 0.29) is 5.37 Å². The molecule has 1 N–H and O–H groups in total. The highest BCUT2D eigenvalue weighted by Crippen LogP contribution is 2.29. The quantitative estimate of drug-likeness (QED) is 0.769. The average molecular weight is 279 g/mol. The fourth-order valence-corrected chi connectivity index (χ4v) is 3.31. The Morgan fingerprint density at radius 1 is 1.05 bits per heavy atom. The summed E-state index contributed by atoms with van der Waals surface area (Å²) in [5.41, 5.74) is 4.59. The zero-order chi connectivity index (χ0) is 13.4. The van der Waals surface area contributed by atoms with E-state index in [0.29, 0.717) is 0 Å². The molecule has 0 aliphatic carbocycles. The zero-order valence-corrected chi connectivity index (χ0v) is 11.5. The van der Waals surface area contributed by atoms with Crippen LogP contribution in [0.15, 0.2) is 60.9 Å². The Bertz CT molecular complexity index is 791. The number of para-hydroxylation sites is 3. The highest BCUT2D eigenvalue weighted by molar-refractivity contribution is 7.98.